The van der Waals surface area contributed by atoms with Crippen LogP contribution in [-0.2, 0) is 4.74 Å². The molecule has 140 valence electrons. The maximum Gasteiger partial charge on any atom is 0.350 e. The Morgan fingerprint density at radius 3 is 2.72 bits per heavy atom. The minimum Gasteiger partial charge on any atom is -0.462 e. The first-order valence-corrected chi connectivity index (χ1v) is 9.82. The summed E-state index contributed by atoms with van der Waals surface area (Å²) >= 11 is 1.38. The molecule has 0 spiro atoms. The molecule has 0 bridgehead atoms. The molecule has 1 unspecified atom stereocenters. The van der Waals surface area contributed by atoms with Gasteiger partial charge in [0.05, 0.1) is 18.3 Å². The third kappa shape index (κ3) is 5.17. The van der Waals surface area contributed by atoms with Crippen LogP contribution in [0.5, 0.6) is 0 Å². The van der Waals surface area contributed by atoms with Crippen molar-refractivity contribution in [3.05, 3.63) is 15.6 Å². The quantitative estimate of drug-likeness (QED) is 0.458. The third-order valence-corrected chi connectivity index (χ3v) is 6.03. The highest BCUT2D eigenvalue weighted by molar-refractivity contribution is 7.13. The van der Waals surface area contributed by atoms with Crippen molar-refractivity contribution in [3.8, 4) is 0 Å². The number of guanidine groups is 1. The molecule has 1 atom stereocenters. The number of rotatable bonds is 6. The summed E-state index contributed by atoms with van der Waals surface area (Å²) in [5, 5.41) is 7.67. The highest BCUT2D eigenvalue weighted by Gasteiger charge is 2.28. The van der Waals surface area contributed by atoms with Crippen LogP contribution in [0, 0.1) is 12.3 Å². The first-order valence-electron chi connectivity index (χ1n) is 9.00. The lowest BCUT2D eigenvalue weighted by molar-refractivity contribution is 0.0531. The number of hydrogen-bond donors (Lipinski definition) is 2. The van der Waals surface area contributed by atoms with Crippen LogP contribution >= 0.6 is 11.3 Å². The fourth-order valence-corrected chi connectivity index (χ4v) is 4.12. The molecule has 1 aliphatic carbocycles. The number of carbonyl (C=O) groups excluding carboxylic acids is 1. The Morgan fingerprint density at radius 2 is 2.12 bits per heavy atom. The summed E-state index contributed by atoms with van der Waals surface area (Å²) < 4.78 is 5.09. The van der Waals surface area contributed by atoms with Crippen molar-refractivity contribution in [2.75, 3.05) is 20.2 Å². The normalized spacial score (nSPS) is 18.0. The van der Waals surface area contributed by atoms with Gasteiger partial charge in [-0.2, -0.15) is 0 Å². The molecular weight excluding hydrogens is 336 g/mol. The Balaban J connectivity index is 1.96. The molecule has 1 aliphatic rings. The lowest BCUT2D eigenvalue weighted by Crippen LogP contribution is -2.43. The number of ether oxygens (including phenoxy) is 1. The average molecular weight is 367 g/mol. The van der Waals surface area contributed by atoms with Crippen molar-refractivity contribution < 1.29 is 9.53 Å². The van der Waals surface area contributed by atoms with Crippen molar-refractivity contribution in [1.29, 1.82) is 0 Å². The Morgan fingerprint density at radius 1 is 1.44 bits per heavy atom. The van der Waals surface area contributed by atoms with Gasteiger partial charge >= 0.3 is 5.97 Å². The third-order valence-electron chi connectivity index (χ3n) is 4.71. The number of aliphatic imine (C=N–C) groups is 1. The molecule has 0 amide bonds. The van der Waals surface area contributed by atoms with Crippen molar-refractivity contribution >= 4 is 23.3 Å². The predicted molar refractivity (Wildman–Crippen MR) is 102 cm³/mol. The Bertz CT molecular complexity index is 621. The molecule has 6 nitrogen and oxygen atoms in total. The van der Waals surface area contributed by atoms with Gasteiger partial charge < -0.3 is 15.4 Å². The van der Waals surface area contributed by atoms with E-state index in [-0.39, 0.29) is 12.0 Å². The molecule has 1 aromatic rings. The SMILES string of the molecule is CCOC(=O)c1sc(C(C)NC(=NC)NCC2(C)CCCC2)nc1C. The second kappa shape index (κ2) is 8.65. The number of aromatic nitrogens is 1. The van der Waals surface area contributed by atoms with Gasteiger partial charge in [0.25, 0.3) is 0 Å². The molecule has 0 radical (unpaired) electrons. The molecule has 1 aromatic heterocycles. The van der Waals surface area contributed by atoms with Gasteiger partial charge in [0.15, 0.2) is 5.96 Å². The molecule has 1 saturated carbocycles. The maximum absolute atomic E-state index is 12.0. The lowest BCUT2D eigenvalue weighted by atomic mass is 9.89. The molecule has 0 aromatic carbocycles. The van der Waals surface area contributed by atoms with Gasteiger partial charge in [0.1, 0.15) is 9.88 Å². The maximum atomic E-state index is 12.0. The van der Waals surface area contributed by atoms with E-state index in [1.54, 1.807) is 14.0 Å². The topological polar surface area (TPSA) is 75.6 Å². The van der Waals surface area contributed by atoms with E-state index >= 15 is 0 Å². The fraction of sp³-hybridized carbons (Fsp3) is 0.722. The highest BCUT2D eigenvalue weighted by Crippen LogP contribution is 2.36. The van der Waals surface area contributed by atoms with Crippen LogP contribution in [-0.4, -0.2) is 37.1 Å². The number of esters is 1. The van der Waals surface area contributed by atoms with Gasteiger partial charge in [-0.15, -0.1) is 11.3 Å². The number of hydrogen-bond acceptors (Lipinski definition) is 5. The molecule has 2 rings (SSSR count). The van der Waals surface area contributed by atoms with E-state index in [4.69, 9.17) is 4.74 Å². The first-order chi connectivity index (χ1) is 11.9. The Kier molecular flexibility index (Phi) is 6.81. The number of carbonyl (C=O) groups is 1. The Hall–Kier alpha value is -1.63. The number of aryl methyl sites for hydroxylation is 1. The van der Waals surface area contributed by atoms with Crippen LogP contribution in [0.15, 0.2) is 4.99 Å². The van der Waals surface area contributed by atoms with E-state index in [2.05, 4.69) is 27.5 Å². The molecule has 0 aliphatic heterocycles. The van der Waals surface area contributed by atoms with Crippen molar-refractivity contribution in [2.24, 2.45) is 10.4 Å². The summed E-state index contributed by atoms with van der Waals surface area (Å²) in [5.74, 6) is 0.471. The average Bonchev–Trinajstić information content (AvgIpc) is 3.18. The van der Waals surface area contributed by atoms with E-state index in [0.717, 1.165) is 17.5 Å². The molecule has 25 heavy (non-hydrogen) atoms. The molecule has 1 heterocycles. The van der Waals surface area contributed by atoms with Gasteiger partial charge in [-0.3, -0.25) is 4.99 Å². The zero-order valence-corrected chi connectivity index (χ0v) is 16.8. The van der Waals surface area contributed by atoms with Gasteiger partial charge in [0, 0.05) is 13.6 Å². The van der Waals surface area contributed by atoms with Crippen molar-refractivity contribution in [1.82, 2.24) is 15.6 Å². The minimum atomic E-state index is -0.299. The standard InChI is InChI=1S/C18H30N4O2S/c1-6-24-16(23)14-12(2)21-15(25-14)13(3)22-17(19-5)20-11-18(4)9-7-8-10-18/h13H,6-11H2,1-5H3,(H2,19,20,22). The van der Waals surface area contributed by atoms with Crippen molar-refractivity contribution in [2.45, 2.75) is 59.4 Å². The van der Waals surface area contributed by atoms with E-state index < -0.39 is 0 Å². The fourth-order valence-electron chi connectivity index (χ4n) is 3.15. The lowest BCUT2D eigenvalue weighted by Gasteiger charge is -2.26. The zero-order chi connectivity index (χ0) is 18.4. The van der Waals surface area contributed by atoms with Crippen LogP contribution in [0.4, 0.5) is 0 Å². The van der Waals surface area contributed by atoms with Crippen LogP contribution in [0.3, 0.4) is 0 Å². The van der Waals surface area contributed by atoms with E-state index in [1.807, 2.05) is 13.8 Å². The van der Waals surface area contributed by atoms with Crippen LogP contribution in [0.1, 0.15) is 72.9 Å². The summed E-state index contributed by atoms with van der Waals surface area (Å²) in [7, 11) is 1.77. The highest BCUT2D eigenvalue weighted by atomic mass is 32.1. The zero-order valence-electron chi connectivity index (χ0n) is 15.9. The first kappa shape index (κ1) is 19.7. The van der Waals surface area contributed by atoms with Crippen LogP contribution in [0.2, 0.25) is 0 Å². The number of nitrogens with one attached hydrogen (secondary N) is 2. The molecular formula is C18H30N4O2S. The number of thiazole rings is 1. The second-order valence-corrected chi connectivity index (χ2v) is 8.03. The van der Waals surface area contributed by atoms with E-state index in [1.165, 1.54) is 37.0 Å². The molecule has 7 heteroatoms. The molecule has 1 fully saturated rings. The van der Waals surface area contributed by atoms with E-state index in [9.17, 15) is 4.79 Å². The second-order valence-electron chi connectivity index (χ2n) is 7.00. The summed E-state index contributed by atoms with van der Waals surface area (Å²) in [4.78, 5) is 21.4. The predicted octanol–water partition coefficient (Wildman–Crippen LogP) is 3.43. The van der Waals surface area contributed by atoms with Gasteiger partial charge in [0.2, 0.25) is 0 Å². The monoisotopic (exact) mass is 366 g/mol. The van der Waals surface area contributed by atoms with Gasteiger partial charge in [-0.05, 0) is 39.0 Å². The Labute approximate surface area is 154 Å². The largest absolute Gasteiger partial charge is 0.462 e. The van der Waals surface area contributed by atoms with Crippen LogP contribution in [0.25, 0.3) is 0 Å². The summed E-state index contributed by atoms with van der Waals surface area (Å²) in [6.07, 6.45) is 5.16. The summed E-state index contributed by atoms with van der Waals surface area (Å²) in [6, 6.07) is -0.0329. The van der Waals surface area contributed by atoms with Crippen LogP contribution < -0.4 is 10.6 Å². The summed E-state index contributed by atoms with van der Waals surface area (Å²) in [5.41, 5.74) is 1.07. The molecule has 2 N–H and O–H groups in total. The molecule has 0 saturated heterocycles. The van der Waals surface area contributed by atoms with Gasteiger partial charge in [-0.1, -0.05) is 19.8 Å². The minimum absolute atomic E-state index is 0.0329. The van der Waals surface area contributed by atoms with Crippen molar-refractivity contribution in [3.63, 3.8) is 0 Å². The van der Waals surface area contributed by atoms with Gasteiger partial charge in [-0.25, -0.2) is 9.78 Å². The van der Waals surface area contributed by atoms with E-state index in [0.29, 0.717) is 22.6 Å². The smallest absolute Gasteiger partial charge is 0.350 e. The summed E-state index contributed by atoms with van der Waals surface area (Å²) in [6.45, 7) is 9.29. The number of nitrogens with zero attached hydrogens (tertiary/aromatic N) is 2.